The van der Waals surface area contributed by atoms with Crippen molar-refractivity contribution in [3.05, 3.63) is 57.8 Å². The normalized spacial score (nSPS) is 23.4. The Morgan fingerprint density at radius 1 is 1.28 bits per heavy atom. The number of aliphatic hydroxyl groups is 1. The molecule has 1 aliphatic heterocycles. The third kappa shape index (κ3) is 3.32. The van der Waals surface area contributed by atoms with Crippen molar-refractivity contribution in [2.75, 3.05) is 13.1 Å². The van der Waals surface area contributed by atoms with Crippen LogP contribution < -0.4 is 0 Å². The van der Waals surface area contributed by atoms with Gasteiger partial charge in [0.25, 0.3) is 5.91 Å². The van der Waals surface area contributed by atoms with Crippen LogP contribution >= 0.6 is 11.3 Å². The van der Waals surface area contributed by atoms with Crippen LogP contribution in [0.2, 0.25) is 0 Å². The van der Waals surface area contributed by atoms with Gasteiger partial charge < -0.3 is 15.1 Å². The lowest BCUT2D eigenvalue weighted by Gasteiger charge is -2.42. The number of nitrogens with zero attached hydrogens (tertiary/aromatic N) is 1. The number of amides is 1. The molecule has 0 unspecified atom stereocenters. The van der Waals surface area contributed by atoms with Crippen LogP contribution in [0.4, 0.5) is 0 Å². The van der Waals surface area contributed by atoms with E-state index in [1.807, 2.05) is 48.7 Å². The Kier molecular flexibility index (Phi) is 4.92. The van der Waals surface area contributed by atoms with Gasteiger partial charge in [0.15, 0.2) is 0 Å². The molecule has 2 aromatic rings. The van der Waals surface area contributed by atoms with E-state index in [-0.39, 0.29) is 25.3 Å². The van der Waals surface area contributed by atoms with Gasteiger partial charge in [0.1, 0.15) is 5.41 Å². The zero-order valence-electron chi connectivity index (χ0n) is 14.0. The van der Waals surface area contributed by atoms with Crippen molar-refractivity contribution in [3.8, 4) is 0 Å². The molecule has 0 radical (unpaired) electrons. The number of aliphatic hydroxyl groups excluding tert-OH is 1. The van der Waals surface area contributed by atoms with Crippen LogP contribution in [0, 0.1) is 12.3 Å². The number of aliphatic carboxylic acids is 1. The lowest BCUT2D eigenvalue weighted by Crippen LogP contribution is -2.57. The molecule has 1 fully saturated rings. The van der Waals surface area contributed by atoms with Crippen LogP contribution in [0.1, 0.15) is 27.2 Å². The zero-order valence-corrected chi connectivity index (χ0v) is 14.8. The molecule has 25 heavy (non-hydrogen) atoms. The zero-order chi connectivity index (χ0) is 18.0. The third-order valence-corrected chi connectivity index (χ3v) is 6.00. The van der Waals surface area contributed by atoms with Gasteiger partial charge in [-0.1, -0.05) is 30.3 Å². The topological polar surface area (TPSA) is 77.8 Å². The Labute approximate surface area is 150 Å². The Bertz CT molecular complexity index is 773. The molecule has 2 heterocycles. The molecular formula is C19H21NO4S. The van der Waals surface area contributed by atoms with Gasteiger partial charge in [-0.2, -0.15) is 0 Å². The Hall–Kier alpha value is -2.18. The van der Waals surface area contributed by atoms with Gasteiger partial charge in [-0.3, -0.25) is 9.59 Å². The number of piperidine rings is 1. The van der Waals surface area contributed by atoms with Crippen molar-refractivity contribution in [2.45, 2.75) is 25.9 Å². The van der Waals surface area contributed by atoms with Crippen molar-refractivity contribution in [2.24, 2.45) is 5.41 Å². The summed E-state index contributed by atoms with van der Waals surface area (Å²) in [6, 6.07) is 11.2. The maximum absolute atomic E-state index is 12.6. The van der Waals surface area contributed by atoms with E-state index in [4.69, 9.17) is 0 Å². The van der Waals surface area contributed by atoms with Gasteiger partial charge in [0.05, 0.1) is 11.0 Å². The van der Waals surface area contributed by atoms with Crippen molar-refractivity contribution in [3.63, 3.8) is 0 Å². The fourth-order valence-corrected chi connectivity index (χ4v) is 4.28. The molecule has 1 aromatic carbocycles. The number of thiophene rings is 1. The van der Waals surface area contributed by atoms with Gasteiger partial charge in [-0.05, 0) is 42.3 Å². The smallest absolute Gasteiger partial charge is 0.312 e. The summed E-state index contributed by atoms with van der Waals surface area (Å²) in [5.74, 6) is -1.14. The highest BCUT2D eigenvalue weighted by atomic mass is 32.1. The second-order valence-corrected chi connectivity index (χ2v) is 7.49. The van der Waals surface area contributed by atoms with Gasteiger partial charge in [0.2, 0.25) is 0 Å². The summed E-state index contributed by atoms with van der Waals surface area (Å²) < 4.78 is 0. The molecular weight excluding hydrogens is 338 g/mol. The molecule has 2 atom stereocenters. The van der Waals surface area contributed by atoms with Crippen molar-refractivity contribution < 1.29 is 19.8 Å². The number of hydrogen-bond acceptors (Lipinski definition) is 4. The number of rotatable bonds is 4. The summed E-state index contributed by atoms with van der Waals surface area (Å²) in [4.78, 5) is 26.8. The Morgan fingerprint density at radius 3 is 2.56 bits per heavy atom. The first-order valence-corrected chi connectivity index (χ1v) is 9.11. The number of carboxylic acids is 1. The Morgan fingerprint density at radius 2 is 2.00 bits per heavy atom. The lowest BCUT2D eigenvalue weighted by molar-refractivity contribution is -0.161. The summed E-state index contributed by atoms with van der Waals surface area (Å²) in [7, 11) is 0. The van der Waals surface area contributed by atoms with Gasteiger partial charge >= 0.3 is 5.97 Å². The molecule has 0 aliphatic carbocycles. The van der Waals surface area contributed by atoms with Crippen LogP contribution in [0.3, 0.4) is 0 Å². The SMILES string of the molecule is Cc1ccsc1C(=O)N1CC[C@](Cc2ccccc2)(C(=O)O)[C@H](O)C1. The number of benzene rings is 1. The molecule has 1 aromatic heterocycles. The van der Waals surface area contributed by atoms with E-state index in [1.54, 1.807) is 4.90 Å². The van der Waals surface area contributed by atoms with E-state index in [9.17, 15) is 19.8 Å². The van der Waals surface area contributed by atoms with Crippen molar-refractivity contribution >= 4 is 23.2 Å². The summed E-state index contributed by atoms with van der Waals surface area (Å²) in [6.07, 6.45) is -0.623. The molecule has 2 N–H and O–H groups in total. The van der Waals surface area contributed by atoms with E-state index in [0.717, 1.165) is 11.1 Å². The van der Waals surface area contributed by atoms with Crippen LogP contribution in [-0.2, 0) is 11.2 Å². The van der Waals surface area contributed by atoms with E-state index >= 15 is 0 Å². The predicted octanol–water partition coefficient (Wildman–Crippen LogP) is 2.58. The highest BCUT2D eigenvalue weighted by molar-refractivity contribution is 7.12. The minimum atomic E-state index is -1.26. The van der Waals surface area contributed by atoms with Gasteiger partial charge in [-0.25, -0.2) is 0 Å². The van der Waals surface area contributed by atoms with E-state index in [2.05, 4.69) is 0 Å². The second-order valence-electron chi connectivity index (χ2n) is 6.57. The van der Waals surface area contributed by atoms with Gasteiger partial charge in [0, 0.05) is 13.1 Å². The number of likely N-dealkylation sites (tertiary alicyclic amines) is 1. The number of aryl methyl sites for hydroxylation is 1. The van der Waals surface area contributed by atoms with Gasteiger partial charge in [-0.15, -0.1) is 11.3 Å². The summed E-state index contributed by atoms with van der Waals surface area (Å²) in [6.45, 7) is 2.24. The quantitative estimate of drug-likeness (QED) is 0.880. The maximum atomic E-state index is 12.6. The molecule has 1 aliphatic rings. The summed E-state index contributed by atoms with van der Waals surface area (Å²) >= 11 is 1.37. The predicted molar refractivity (Wildman–Crippen MR) is 95.8 cm³/mol. The number of carboxylic acid groups (broad SMARTS) is 1. The standard InChI is InChI=1S/C19H21NO4S/c1-13-7-10-25-16(13)17(22)20-9-8-19(18(23)24,15(21)12-20)11-14-5-3-2-4-6-14/h2-7,10,15,21H,8-9,11-12H2,1H3,(H,23,24)/t15-,19-/m1/s1. The maximum Gasteiger partial charge on any atom is 0.312 e. The molecule has 5 nitrogen and oxygen atoms in total. The number of carbonyl (C=O) groups is 2. The highest BCUT2D eigenvalue weighted by Gasteiger charge is 2.49. The first kappa shape index (κ1) is 17.6. The summed E-state index contributed by atoms with van der Waals surface area (Å²) in [5, 5.41) is 22.3. The molecule has 0 spiro atoms. The molecule has 132 valence electrons. The minimum absolute atomic E-state index is 0.0370. The van der Waals surface area contributed by atoms with Crippen molar-refractivity contribution in [1.82, 2.24) is 4.90 Å². The first-order chi connectivity index (χ1) is 11.9. The van der Waals surface area contributed by atoms with E-state index < -0.39 is 17.5 Å². The fraction of sp³-hybridized carbons (Fsp3) is 0.368. The minimum Gasteiger partial charge on any atom is -0.481 e. The molecule has 0 saturated carbocycles. The third-order valence-electron chi connectivity index (χ3n) is 4.99. The monoisotopic (exact) mass is 359 g/mol. The lowest BCUT2D eigenvalue weighted by atomic mass is 9.71. The second kappa shape index (κ2) is 6.98. The van der Waals surface area contributed by atoms with E-state index in [1.165, 1.54) is 11.3 Å². The number of carbonyl (C=O) groups excluding carboxylic acids is 1. The molecule has 1 amide bonds. The number of β-amino-alcohol motifs (C(OH)–C–C–N with tert-alkyl or cyclic N) is 1. The molecule has 6 heteroatoms. The average Bonchev–Trinajstić information content (AvgIpc) is 3.02. The first-order valence-electron chi connectivity index (χ1n) is 8.23. The van der Waals surface area contributed by atoms with Crippen LogP contribution in [0.15, 0.2) is 41.8 Å². The fourth-order valence-electron chi connectivity index (χ4n) is 3.39. The highest BCUT2D eigenvalue weighted by Crippen LogP contribution is 2.36. The summed E-state index contributed by atoms with van der Waals surface area (Å²) in [5.41, 5.74) is 0.518. The largest absolute Gasteiger partial charge is 0.481 e. The Balaban J connectivity index is 1.80. The van der Waals surface area contributed by atoms with Crippen molar-refractivity contribution in [1.29, 1.82) is 0 Å². The van der Waals surface area contributed by atoms with E-state index in [0.29, 0.717) is 11.4 Å². The molecule has 0 bridgehead atoms. The van der Waals surface area contributed by atoms with Crippen LogP contribution in [0.25, 0.3) is 0 Å². The van der Waals surface area contributed by atoms with Crippen LogP contribution in [0.5, 0.6) is 0 Å². The molecule has 1 saturated heterocycles. The number of hydrogen-bond donors (Lipinski definition) is 2. The van der Waals surface area contributed by atoms with Crippen LogP contribution in [-0.4, -0.2) is 46.2 Å². The molecule has 3 rings (SSSR count). The average molecular weight is 359 g/mol.